The first kappa shape index (κ1) is 9.51. The zero-order valence-corrected chi connectivity index (χ0v) is 7.65. The molecule has 0 aromatic rings. The second kappa shape index (κ2) is 3.05. The lowest BCUT2D eigenvalue weighted by Crippen LogP contribution is -2.12. The SMILES string of the molecule is CC1(C)C=CC=C(N)C([N+](=O)[O-])=C1. The number of hydrogen-bond donors (Lipinski definition) is 1. The van der Waals surface area contributed by atoms with Crippen LogP contribution in [0, 0.1) is 15.5 Å². The van der Waals surface area contributed by atoms with Gasteiger partial charge in [0.1, 0.15) is 5.70 Å². The van der Waals surface area contributed by atoms with Gasteiger partial charge in [0, 0.05) is 11.5 Å². The largest absolute Gasteiger partial charge is 0.393 e. The second-order valence-electron chi connectivity index (χ2n) is 3.59. The average molecular weight is 180 g/mol. The molecule has 0 atom stereocenters. The van der Waals surface area contributed by atoms with E-state index in [0.717, 1.165) is 0 Å². The molecule has 0 aliphatic heterocycles. The van der Waals surface area contributed by atoms with Crippen molar-refractivity contribution in [3.05, 3.63) is 45.8 Å². The molecule has 4 heteroatoms. The monoisotopic (exact) mass is 180 g/mol. The lowest BCUT2D eigenvalue weighted by Gasteiger charge is -2.12. The van der Waals surface area contributed by atoms with E-state index in [0.29, 0.717) is 0 Å². The first-order chi connectivity index (χ1) is 5.92. The van der Waals surface area contributed by atoms with Crippen molar-refractivity contribution in [1.82, 2.24) is 0 Å². The van der Waals surface area contributed by atoms with Gasteiger partial charge in [-0.2, -0.15) is 0 Å². The Hall–Kier alpha value is -1.58. The summed E-state index contributed by atoms with van der Waals surface area (Å²) in [6, 6.07) is 0. The number of allylic oxidation sites excluding steroid dienone is 4. The van der Waals surface area contributed by atoms with Gasteiger partial charge >= 0.3 is 0 Å². The van der Waals surface area contributed by atoms with Gasteiger partial charge < -0.3 is 5.73 Å². The Morgan fingerprint density at radius 3 is 2.69 bits per heavy atom. The van der Waals surface area contributed by atoms with Crippen LogP contribution in [0.3, 0.4) is 0 Å². The third-order valence-electron chi connectivity index (χ3n) is 1.80. The van der Waals surface area contributed by atoms with E-state index in [2.05, 4.69) is 0 Å². The molecule has 0 saturated carbocycles. The predicted molar refractivity (Wildman–Crippen MR) is 50.3 cm³/mol. The van der Waals surface area contributed by atoms with E-state index in [4.69, 9.17) is 5.73 Å². The molecule has 0 fully saturated rings. The van der Waals surface area contributed by atoms with Crippen LogP contribution in [0.1, 0.15) is 13.8 Å². The average Bonchev–Trinajstić information content (AvgIpc) is 2.10. The number of rotatable bonds is 1. The van der Waals surface area contributed by atoms with Crippen molar-refractivity contribution in [2.75, 3.05) is 0 Å². The van der Waals surface area contributed by atoms with Gasteiger partial charge in [0.2, 0.25) is 0 Å². The van der Waals surface area contributed by atoms with Gasteiger partial charge in [-0.25, -0.2) is 0 Å². The van der Waals surface area contributed by atoms with E-state index in [1.165, 1.54) is 0 Å². The Balaban J connectivity index is 3.17. The maximum Gasteiger partial charge on any atom is 0.289 e. The molecular formula is C9H12N2O2. The summed E-state index contributed by atoms with van der Waals surface area (Å²) in [6.45, 7) is 3.78. The Bertz CT molecular complexity index is 325. The zero-order chi connectivity index (χ0) is 10.1. The number of nitrogens with zero attached hydrogens (tertiary/aromatic N) is 1. The molecule has 0 radical (unpaired) electrons. The van der Waals surface area contributed by atoms with Crippen LogP contribution in [0.5, 0.6) is 0 Å². The van der Waals surface area contributed by atoms with Crippen LogP contribution in [-0.4, -0.2) is 4.92 Å². The van der Waals surface area contributed by atoms with Crippen molar-refractivity contribution in [2.45, 2.75) is 13.8 Å². The molecule has 70 valence electrons. The smallest absolute Gasteiger partial charge is 0.289 e. The standard InChI is InChI=1S/C9H12N2O2/c1-9(2)5-3-4-7(10)8(6-9)11(12)13/h3-6H,10H2,1-2H3. The van der Waals surface area contributed by atoms with Crippen molar-refractivity contribution in [3.63, 3.8) is 0 Å². The molecule has 0 saturated heterocycles. The third-order valence-corrected chi connectivity index (χ3v) is 1.80. The predicted octanol–water partition coefficient (Wildman–Crippen LogP) is 1.59. The highest BCUT2D eigenvalue weighted by Gasteiger charge is 2.22. The minimum absolute atomic E-state index is 0.0185. The summed E-state index contributed by atoms with van der Waals surface area (Å²) in [5.74, 6) is 0. The van der Waals surface area contributed by atoms with Gasteiger partial charge in [-0.15, -0.1) is 0 Å². The molecule has 0 aromatic heterocycles. The van der Waals surface area contributed by atoms with E-state index < -0.39 is 4.92 Å². The van der Waals surface area contributed by atoms with Crippen molar-refractivity contribution in [3.8, 4) is 0 Å². The van der Waals surface area contributed by atoms with Crippen LogP contribution in [-0.2, 0) is 0 Å². The van der Waals surface area contributed by atoms with Crippen molar-refractivity contribution < 1.29 is 4.92 Å². The fraction of sp³-hybridized carbons (Fsp3) is 0.333. The van der Waals surface area contributed by atoms with Crippen molar-refractivity contribution >= 4 is 0 Å². The first-order valence-corrected chi connectivity index (χ1v) is 3.95. The molecule has 4 nitrogen and oxygen atoms in total. The highest BCUT2D eigenvalue weighted by atomic mass is 16.6. The maximum absolute atomic E-state index is 10.6. The van der Waals surface area contributed by atoms with Crippen molar-refractivity contribution in [1.29, 1.82) is 0 Å². The Kier molecular flexibility index (Phi) is 2.23. The summed E-state index contributed by atoms with van der Waals surface area (Å²) < 4.78 is 0. The van der Waals surface area contributed by atoms with Crippen LogP contribution in [0.25, 0.3) is 0 Å². The van der Waals surface area contributed by atoms with Gasteiger partial charge in [0.15, 0.2) is 0 Å². The molecule has 0 spiro atoms. The molecule has 1 rings (SSSR count). The van der Waals surface area contributed by atoms with Crippen LogP contribution >= 0.6 is 0 Å². The molecule has 13 heavy (non-hydrogen) atoms. The molecule has 0 amide bonds. The van der Waals surface area contributed by atoms with E-state index in [-0.39, 0.29) is 16.8 Å². The lowest BCUT2D eigenvalue weighted by molar-refractivity contribution is -0.421. The highest BCUT2D eigenvalue weighted by Crippen LogP contribution is 2.25. The van der Waals surface area contributed by atoms with E-state index >= 15 is 0 Å². The molecule has 2 N–H and O–H groups in total. The van der Waals surface area contributed by atoms with Gasteiger partial charge in [-0.05, 0) is 6.08 Å². The van der Waals surface area contributed by atoms with Crippen LogP contribution in [0.15, 0.2) is 35.7 Å². The normalized spacial score (nSPS) is 20.2. The summed E-state index contributed by atoms with van der Waals surface area (Å²) in [4.78, 5) is 10.1. The molecule has 0 unspecified atom stereocenters. The first-order valence-electron chi connectivity index (χ1n) is 3.95. The number of nitrogens with two attached hydrogens (primary N) is 1. The summed E-state index contributed by atoms with van der Waals surface area (Å²) in [7, 11) is 0. The molecular weight excluding hydrogens is 168 g/mol. The van der Waals surface area contributed by atoms with Crippen LogP contribution in [0.2, 0.25) is 0 Å². The fourth-order valence-corrected chi connectivity index (χ4v) is 1.13. The van der Waals surface area contributed by atoms with E-state index in [1.807, 2.05) is 19.9 Å². The summed E-state index contributed by atoms with van der Waals surface area (Å²) in [5.41, 5.74) is 5.36. The Labute approximate surface area is 76.6 Å². The topological polar surface area (TPSA) is 69.2 Å². The van der Waals surface area contributed by atoms with Gasteiger partial charge in [-0.3, -0.25) is 10.1 Å². The van der Waals surface area contributed by atoms with Gasteiger partial charge in [0.05, 0.1) is 4.92 Å². The molecule has 1 aliphatic rings. The second-order valence-corrected chi connectivity index (χ2v) is 3.59. The number of nitro groups is 1. The molecule has 0 aromatic carbocycles. The molecule has 0 bridgehead atoms. The zero-order valence-electron chi connectivity index (χ0n) is 7.65. The maximum atomic E-state index is 10.6. The van der Waals surface area contributed by atoms with Crippen LogP contribution in [0.4, 0.5) is 0 Å². The van der Waals surface area contributed by atoms with E-state index in [9.17, 15) is 10.1 Å². The quantitative estimate of drug-likeness (QED) is 0.492. The van der Waals surface area contributed by atoms with Crippen molar-refractivity contribution in [2.24, 2.45) is 11.1 Å². The number of hydrogen-bond acceptors (Lipinski definition) is 3. The lowest BCUT2D eigenvalue weighted by atomic mass is 9.92. The minimum atomic E-state index is -0.458. The highest BCUT2D eigenvalue weighted by molar-refractivity contribution is 5.32. The molecule has 0 heterocycles. The third kappa shape index (κ3) is 2.18. The summed E-state index contributed by atoms with van der Waals surface area (Å²) in [5, 5.41) is 10.6. The fourth-order valence-electron chi connectivity index (χ4n) is 1.13. The molecule has 1 aliphatic carbocycles. The van der Waals surface area contributed by atoms with Gasteiger partial charge in [0.25, 0.3) is 5.70 Å². The van der Waals surface area contributed by atoms with E-state index in [1.54, 1.807) is 18.2 Å². The summed E-state index contributed by atoms with van der Waals surface area (Å²) >= 11 is 0. The Morgan fingerprint density at radius 1 is 1.54 bits per heavy atom. The Morgan fingerprint density at radius 2 is 2.15 bits per heavy atom. The summed E-state index contributed by atoms with van der Waals surface area (Å²) in [6.07, 6.45) is 6.71. The van der Waals surface area contributed by atoms with Crippen LogP contribution < -0.4 is 5.73 Å². The minimum Gasteiger partial charge on any atom is -0.393 e. The van der Waals surface area contributed by atoms with Gasteiger partial charge in [-0.1, -0.05) is 26.0 Å².